The van der Waals surface area contributed by atoms with Crippen LogP contribution in [0.2, 0.25) is 0 Å². The third kappa shape index (κ3) is 7.06. The first-order valence-corrected chi connectivity index (χ1v) is 8.01. The predicted molar refractivity (Wildman–Crippen MR) is 98.5 cm³/mol. The van der Waals surface area contributed by atoms with Crippen molar-refractivity contribution in [1.29, 1.82) is 0 Å². The van der Waals surface area contributed by atoms with E-state index in [9.17, 15) is 0 Å². The first-order valence-electron chi connectivity index (χ1n) is 8.01. The standard InChI is InChI=1S/C17H30N4O3/c1-18-17(19-9-6-10-21(2)11-12-22-3)20-14-7-8-15(23-4)16(13-14)24-5/h7-8,13H,6,9-12H2,1-5H3,(H2,18,19,20). The van der Waals surface area contributed by atoms with Crippen molar-refractivity contribution in [3.8, 4) is 11.5 Å². The second-order valence-electron chi connectivity index (χ2n) is 5.34. The molecule has 0 fully saturated rings. The number of aliphatic imine (C=N–C) groups is 1. The van der Waals surface area contributed by atoms with Crippen molar-refractivity contribution in [2.45, 2.75) is 6.42 Å². The molecule has 24 heavy (non-hydrogen) atoms. The van der Waals surface area contributed by atoms with Crippen LogP contribution >= 0.6 is 0 Å². The largest absolute Gasteiger partial charge is 0.493 e. The zero-order valence-electron chi connectivity index (χ0n) is 15.4. The molecule has 0 aliphatic rings. The Kier molecular flexibility index (Phi) is 9.64. The molecule has 0 aliphatic heterocycles. The average Bonchev–Trinajstić information content (AvgIpc) is 2.62. The van der Waals surface area contributed by atoms with E-state index < -0.39 is 0 Å². The fourth-order valence-corrected chi connectivity index (χ4v) is 2.14. The van der Waals surface area contributed by atoms with Gasteiger partial charge in [0.05, 0.1) is 20.8 Å². The summed E-state index contributed by atoms with van der Waals surface area (Å²) in [7, 11) is 8.81. The van der Waals surface area contributed by atoms with Gasteiger partial charge in [-0.05, 0) is 32.1 Å². The normalized spacial score (nSPS) is 11.5. The SMILES string of the molecule is CN=C(NCCCN(C)CCOC)Nc1ccc(OC)c(OC)c1. The van der Waals surface area contributed by atoms with E-state index in [0.29, 0.717) is 11.5 Å². The lowest BCUT2D eigenvalue weighted by Crippen LogP contribution is -2.33. The molecule has 0 atom stereocenters. The van der Waals surface area contributed by atoms with Crippen LogP contribution in [0.4, 0.5) is 5.69 Å². The molecular formula is C17H30N4O3. The molecule has 7 nitrogen and oxygen atoms in total. The Morgan fingerprint density at radius 1 is 1.12 bits per heavy atom. The summed E-state index contributed by atoms with van der Waals surface area (Å²) in [4.78, 5) is 6.48. The van der Waals surface area contributed by atoms with E-state index >= 15 is 0 Å². The lowest BCUT2D eigenvalue weighted by atomic mass is 10.2. The third-order valence-corrected chi connectivity index (χ3v) is 3.56. The van der Waals surface area contributed by atoms with Crippen LogP contribution in [0.1, 0.15) is 6.42 Å². The molecule has 0 bridgehead atoms. The fraction of sp³-hybridized carbons (Fsp3) is 0.588. The topological polar surface area (TPSA) is 67.4 Å². The Morgan fingerprint density at radius 2 is 1.88 bits per heavy atom. The molecule has 0 aliphatic carbocycles. The molecule has 136 valence electrons. The van der Waals surface area contributed by atoms with Gasteiger partial charge in [-0.1, -0.05) is 0 Å². The van der Waals surface area contributed by atoms with E-state index in [-0.39, 0.29) is 0 Å². The smallest absolute Gasteiger partial charge is 0.195 e. The minimum Gasteiger partial charge on any atom is -0.493 e. The van der Waals surface area contributed by atoms with Gasteiger partial charge in [-0.2, -0.15) is 0 Å². The number of anilines is 1. The molecule has 0 saturated carbocycles. The summed E-state index contributed by atoms with van der Waals surface area (Å²) in [6.45, 7) is 3.54. The van der Waals surface area contributed by atoms with Crippen LogP contribution in [0, 0.1) is 0 Å². The highest BCUT2D eigenvalue weighted by atomic mass is 16.5. The molecular weight excluding hydrogens is 308 g/mol. The van der Waals surface area contributed by atoms with Crippen molar-refractivity contribution < 1.29 is 14.2 Å². The molecule has 2 N–H and O–H groups in total. The van der Waals surface area contributed by atoms with Crippen LogP contribution in [-0.2, 0) is 4.74 Å². The van der Waals surface area contributed by atoms with Gasteiger partial charge in [0.15, 0.2) is 17.5 Å². The fourth-order valence-electron chi connectivity index (χ4n) is 2.14. The maximum absolute atomic E-state index is 5.31. The van der Waals surface area contributed by atoms with Crippen molar-refractivity contribution in [1.82, 2.24) is 10.2 Å². The van der Waals surface area contributed by atoms with Crippen LogP contribution in [0.5, 0.6) is 11.5 Å². The summed E-state index contributed by atoms with van der Waals surface area (Å²) < 4.78 is 15.6. The van der Waals surface area contributed by atoms with Gasteiger partial charge in [0.1, 0.15) is 0 Å². The number of nitrogens with one attached hydrogen (secondary N) is 2. The summed E-state index contributed by atoms with van der Waals surface area (Å²) in [5.41, 5.74) is 0.887. The number of likely N-dealkylation sites (N-methyl/N-ethyl adjacent to an activating group) is 1. The van der Waals surface area contributed by atoms with Crippen molar-refractivity contribution in [2.24, 2.45) is 4.99 Å². The van der Waals surface area contributed by atoms with E-state index in [0.717, 1.165) is 44.3 Å². The van der Waals surface area contributed by atoms with E-state index in [1.165, 1.54) is 0 Å². The lowest BCUT2D eigenvalue weighted by molar-refractivity contribution is 0.161. The molecule has 0 unspecified atom stereocenters. The summed E-state index contributed by atoms with van der Waals surface area (Å²) in [6.07, 6.45) is 1.02. The van der Waals surface area contributed by atoms with Gasteiger partial charge in [0.25, 0.3) is 0 Å². The van der Waals surface area contributed by atoms with E-state index in [1.54, 1.807) is 28.4 Å². The third-order valence-electron chi connectivity index (χ3n) is 3.56. The Balaban J connectivity index is 2.42. The molecule has 7 heteroatoms. The molecule has 0 heterocycles. The van der Waals surface area contributed by atoms with Gasteiger partial charge in [-0.15, -0.1) is 0 Å². The second kappa shape index (κ2) is 11.5. The van der Waals surface area contributed by atoms with Crippen molar-refractivity contribution in [2.75, 3.05) is 67.0 Å². The van der Waals surface area contributed by atoms with E-state index in [4.69, 9.17) is 14.2 Å². The molecule has 1 rings (SSSR count). The summed E-state index contributed by atoms with van der Waals surface area (Å²) in [5, 5.41) is 6.55. The van der Waals surface area contributed by atoms with Crippen molar-refractivity contribution >= 4 is 11.6 Å². The van der Waals surface area contributed by atoms with Crippen molar-refractivity contribution in [3.63, 3.8) is 0 Å². The van der Waals surface area contributed by atoms with Crippen LogP contribution in [0.15, 0.2) is 23.2 Å². The van der Waals surface area contributed by atoms with Gasteiger partial charge in [0, 0.05) is 39.0 Å². The minimum atomic E-state index is 0.678. The number of rotatable bonds is 10. The van der Waals surface area contributed by atoms with Gasteiger partial charge in [0.2, 0.25) is 0 Å². The van der Waals surface area contributed by atoms with E-state index in [2.05, 4.69) is 27.6 Å². The van der Waals surface area contributed by atoms with Crippen LogP contribution < -0.4 is 20.1 Å². The van der Waals surface area contributed by atoms with Crippen LogP contribution in [0.3, 0.4) is 0 Å². The molecule has 0 spiro atoms. The van der Waals surface area contributed by atoms with Gasteiger partial charge in [-0.3, -0.25) is 4.99 Å². The highest BCUT2D eigenvalue weighted by Gasteiger charge is 2.06. The van der Waals surface area contributed by atoms with Gasteiger partial charge in [-0.25, -0.2) is 0 Å². The molecule has 1 aromatic rings. The molecule has 1 aromatic carbocycles. The summed E-state index contributed by atoms with van der Waals surface area (Å²) in [5.74, 6) is 2.10. The molecule has 0 amide bonds. The Hall–Kier alpha value is -1.99. The van der Waals surface area contributed by atoms with Crippen molar-refractivity contribution in [3.05, 3.63) is 18.2 Å². The number of ether oxygens (including phenoxy) is 3. The monoisotopic (exact) mass is 338 g/mol. The molecule has 0 radical (unpaired) electrons. The first-order chi connectivity index (χ1) is 11.6. The lowest BCUT2D eigenvalue weighted by Gasteiger charge is -2.17. The number of hydrogen-bond acceptors (Lipinski definition) is 5. The highest BCUT2D eigenvalue weighted by Crippen LogP contribution is 2.29. The maximum atomic E-state index is 5.31. The number of methoxy groups -OCH3 is 3. The minimum absolute atomic E-state index is 0.678. The predicted octanol–water partition coefficient (Wildman–Crippen LogP) is 1.66. The van der Waals surface area contributed by atoms with E-state index in [1.807, 2.05) is 18.2 Å². The Morgan fingerprint density at radius 3 is 2.50 bits per heavy atom. The first kappa shape index (κ1) is 20.1. The second-order valence-corrected chi connectivity index (χ2v) is 5.34. The zero-order chi connectivity index (χ0) is 17.8. The molecule has 0 aromatic heterocycles. The number of benzene rings is 1. The maximum Gasteiger partial charge on any atom is 0.195 e. The quantitative estimate of drug-likeness (QED) is 0.384. The summed E-state index contributed by atoms with van der Waals surface area (Å²) in [6, 6.07) is 5.66. The van der Waals surface area contributed by atoms with Crippen LogP contribution in [-0.4, -0.2) is 72.5 Å². The van der Waals surface area contributed by atoms with Gasteiger partial charge < -0.3 is 29.7 Å². The molecule has 0 saturated heterocycles. The Bertz CT molecular complexity index is 509. The number of hydrogen-bond donors (Lipinski definition) is 2. The summed E-state index contributed by atoms with van der Waals surface area (Å²) >= 11 is 0. The number of guanidine groups is 1. The highest BCUT2D eigenvalue weighted by molar-refractivity contribution is 5.93. The number of nitrogens with zero attached hydrogens (tertiary/aromatic N) is 2. The van der Waals surface area contributed by atoms with Crippen LogP contribution in [0.25, 0.3) is 0 Å². The Labute approximate surface area is 145 Å². The van der Waals surface area contributed by atoms with Gasteiger partial charge >= 0.3 is 0 Å². The average molecular weight is 338 g/mol. The zero-order valence-corrected chi connectivity index (χ0v) is 15.4.